The summed E-state index contributed by atoms with van der Waals surface area (Å²) < 4.78 is 15.9. The molecule has 0 aliphatic carbocycles. The Morgan fingerprint density at radius 2 is 1.79 bits per heavy atom. The molecule has 2 aromatic carbocycles. The summed E-state index contributed by atoms with van der Waals surface area (Å²) in [4.78, 5) is 16.7. The zero-order valence-electron chi connectivity index (χ0n) is 15.5. The third kappa shape index (κ3) is 2.82. The van der Waals surface area contributed by atoms with E-state index < -0.39 is 5.56 Å². The lowest BCUT2D eigenvalue weighted by Crippen LogP contribution is -2.20. The van der Waals surface area contributed by atoms with Crippen molar-refractivity contribution in [2.24, 2.45) is 5.10 Å². The molecule has 28 heavy (non-hydrogen) atoms. The Balaban J connectivity index is 1.78. The van der Waals surface area contributed by atoms with Crippen molar-refractivity contribution in [3.05, 3.63) is 52.3 Å². The summed E-state index contributed by atoms with van der Waals surface area (Å²) in [6, 6.07) is 10.9. The van der Waals surface area contributed by atoms with Crippen molar-refractivity contribution in [3.63, 3.8) is 0 Å². The molecule has 0 unspecified atom stereocenters. The van der Waals surface area contributed by atoms with Crippen LogP contribution in [0.4, 0.5) is 0 Å². The van der Waals surface area contributed by atoms with Gasteiger partial charge >= 0.3 is 5.56 Å². The van der Waals surface area contributed by atoms with Crippen molar-refractivity contribution in [1.29, 1.82) is 0 Å². The number of ether oxygens (including phenoxy) is 3. The zero-order valence-corrected chi connectivity index (χ0v) is 15.5. The molecular formula is C19H17N5O4. The second-order valence-corrected chi connectivity index (χ2v) is 5.88. The molecule has 2 heterocycles. The van der Waals surface area contributed by atoms with Crippen LogP contribution in [0.3, 0.4) is 0 Å². The minimum Gasteiger partial charge on any atom is -0.493 e. The first-order valence-electron chi connectivity index (χ1n) is 8.37. The summed E-state index contributed by atoms with van der Waals surface area (Å²) in [5.74, 6) is 1.43. The minimum atomic E-state index is -0.398. The van der Waals surface area contributed by atoms with E-state index >= 15 is 0 Å². The van der Waals surface area contributed by atoms with Crippen LogP contribution >= 0.6 is 0 Å². The Kier molecular flexibility index (Phi) is 4.40. The van der Waals surface area contributed by atoms with Gasteiger partial charge in [-0.15, -0.1) is 5.10 Å². The van der Waals surface area contributed by atoms with Crippen LogP contribution in [0, 0.1) is 0 Å². The van der Waals surface area contributed by atoms with Gasteiger partial charge in [-0.2, -0.15) is 5.10 Å². The van der Waals surface area contributed by atoms with Gasteiger partial charge in [-0.25, -0.2) is 0 Å². The summed E-state index contributed by atoms with van der Waals surface area (Å²) in [7, 11) is 4.58. The van der Waals surface area contributed by atoms with E-state index in [1.54, 1.807) is 12.1 Å². The molecule has 0 spiro atoms. The van der Waals surface area contributed by atoms with E-state index in [1.807, 2.05) is 24.3 Å². The fourth-order valence-electron chi connectivity index (χ4n) is 2.99. The van der Waals surface area contributed by atoms with E-state index in [9.17, 15) is 4.79 Å². The highest BCUT2D eigenvalue weighted by atomic mass is 16.5. The third-order valence-electron chi connectivity index (χ3n) is 4.31. The average Bonchev–Trinajstić information content (AvgIpc) is 3.12. The molecule has 0 amide bonds. The van der Waals surface area contributed by atoms with Crippen molar-refractivity contribution in [1.82, 2.24) is 20.1 Å². The molecule has 0 bridgehead atoms. The number of methoxy groups -OCH3 is 3. The van der Waals surface area contributed by atoms with Gasteiger partial charge in [0.15, 0.2) is 11.5 Å². The van der Waals surface area contributed by atoms with Crippen molar-refractivity contribution >= 4 is 28.2 Å². The highest BCUT2D eigenvalue weighted by molar-refractivity contribution is 6.04. The lowest BCUT2D eigenvalue weighted by atomic mass is 10.2. The Morgan fingerprint density at radius 3 is 2.46 bits per heavy atom. The predicted octanol–water partition coefficient (Wildman–Crippen LogP) is 2.18. The molecule has 142 valence electrons. The second-order valence-electron chi connectivity index (χ2n) is 5.88. The number of hydrogen-bond acceptors (Lipinski definition) is 7. The molecule has 4 aromatic rings. The number of nitrogens with zero attached hydrogens (tertiary/aromatic N) is 4. The maximum Gasteiger partial charge on any atom is 0.315 e. The number of fused-ring (bicyclic) bond motifs is 3. The van der Waals surface area contributed by atoms with Crippen molar-refractivity contribution in [2.75, 3.05) is 21.3 Å². The maximum absolute atomic E-state index is 12.7. The molecule has 0 aliphatic rings. The lowest BCUT2D eigenvalue weighted by molar-refractivity contribution is 0.324. The summed E-state index contributed by atoms with van der Waals surface area (Å²) in [5.41, 5.74) is 1.91. The van der Waals surface area contributed by atoms with E-state index in [4.69, 9.17) is 14.2 Å². The van der Waals surface area contributed by atoms with Gasteiger partial charge < -0.3 is 19.2 Å². The van der Waals surface area contributed by atoms with Crippen molar-refractivity contribution in [3.8, 4) is 17.2 Å². The first-order valence-corrected chi connectivity index (χ1v) is 8.37. The molecular weight excluding hydrogens is 362 g/mol. The third-order valence-corrected chi connectivity index (χ3v) is 4.31. The first-order chi connectivity index (χ1) is 13.7. The molecule has 0 radical (unpaired) electrons. The highest BCUT2D eigenvalue weighted by Gasteiger charge is 2.13. The van der Waals surface area contributed by atoms with E-state index in [1.165, 1.54) is 27.5 Å². The number of aromatic amines is 1. The predicted molar refractivity (Wildman–Crippen MR) is 105 cm³/mol. The summed E-state index contributed by atoms with van der Waals surface area (Å²) >= 11 is 0. The number of para-hydroxylation sites is 1. The van der Waals surface area contributed by atoms with Gasteiger partial charge in [0.1, 0.15) is 11.0 Å². The first kappa shape index (κ1) is 17.5. The standard InChI is InChI=1S/C19H17N5O4/c1-26-14-8-11(9-15(27-2)18(14)28-3)10-20-24-19(25)17-16(22-23-24)12-6-4-5-7-13(12)21-17/h4-10,21H,1-3H3/b20-10+. The number of aromatic nitrogens is 4. The van der Waals surface area contributed by atoms with Gasteiger partial charge in [0.05, 0.1) is 27.5 Å². The van der Waals surface area contributed by atoms with Gasteiger partial charge in [-0.05, 0) is 23.4 Å². The smallest absolute Gasteiger partial charge is 0.315 e. The van der Waals surface area contributed by atoms with E-state index in [-0.39, 0.29) is 0 Å². The molecule has 1 N–H and O–H groups in total. The average molecular weight is 379 g/mol. The molecule has 2 aromatic heterocycles. The fourth-order valence-corrected chi connectivity index (χ4v) is 2.99. The van der Waals surface area contributed by atoms with Crippen molar-refractivity contribution in [2.45, 2.75) is 0 Å². The zero-order chi connectivity index (χ0) is 19.7. The SMILES string of the molecule is COc1cc(/C=N/n2nnc3c([nH]c4ccccc43)c2=O)cc(OC)c1OC. The van der Waals surface area contributed by atoms with Gasteiger partial charge in [-0.1, -0.05) is 23.0 Å². The van der Waals surface area contributed by atoms with Crippen LogP contribution in [-0.4, -0.2) is 47.6 Å². The molecule has 4 rings (SSSR count). The monoisotopic (exact) mass is 379 g/mol. The summed E-state index contributed by atoms with van der Waals surface area (Å²) in [6.07, 6.45) is 1.47. The maximum atomic E-state index is 12.7. The van der Waals surface area contributed by atoms with Gasteiger partial charge in [0.25, 0.3) is 0 Å². The Labute approximate surface area is 159 Å². The van der Waals surface area contributed by atoms with Gasteiger partial charge in [0.2, 0.25) is 5.75 Å². The summed E-state index contributed by atoms with van der Waals surface area (Å²) in [6.45, 7) is 0. The van der Waals surface area contributed by atoms with Crippen molar-refractivity contribution < 1.29 is 14.2 Å². The van der Waals surface area contributed by atoms with Crippen LogP contribution in [0.5, 0.6) is 17.2 Å². The lowest BCUT2D eigenvalue weighted by Gasteiger charge is -2.12. The molecule has 0 atom stereocenters. The van der Waals surface area contributed by atoms with E-state index in [0.29, 0.717) is 33.8 Å². The quantitative estimate of drug-likeness (QED) is 0.533. The van der Waals surface area contributed by atoms with Gasteiger partial charge in [-0.3, -0.25) is 4.79 Å². The summed E-state index contributed by atoms with van der Waals surface area (Å²) in [5, 5.41) is 13.0. The Hall–Kier alpha value is -3.88. The number of H-pyrrole nitrogens is 1. The normalized spacial score (nSPS) is 11.4. The molecule has 0 fully saturated rings. The van der Waals surface area contributed by atoms with Crippen LogP contribution < -0.4 is 19.8 Å². The fraction of sp³-hybridized carbons (Fsp3) is 0.158. The number of hydrogen-bond donors (Lipinski definition) is 1. The molecule has 0 saturated heterocycles. The molecule has 9 nitrogen and oxygen atoms in total. The van der Waals surface area contributed by atoms with Gasteiger partial charge in [0, 0.05) is 16.5 Å². The largest absolute Gasteiger partial charge is 0.493 e. The van der Waals surface area contributed by atoms with Crippen LogP contribution in [0.1, 0.15) is 5.56 Å². The molecule has 0 saturated carbocycles. The minimum absolute atomic E-state index is 0.346. The van der Waals surface area contributed by atoms with Crippen LogP contribution in [0.2, 0.25) is 0 Å². The Bertz CT molecular complexity index is 1230. The Morgan fingerprint density at radius 1 is 1.07 bits per heavy atom. The molecule has 0 aliphatic heterocycles. The van der Waals surface area contributed by atoms with Crippen LogP contribution in [-0.2, 0) is 0 Å². The van der Waals surface area contributed by atoms with E-state index in [0.717, 1.165) is 15.7 Å². The topological polar surface area (TPSA) is 104 Å². The second kappa shape index (κ2) is 7.03. The molecule has 9 heteroatoms. The van der Waals surface area contributed by atoms with Crippen LogP contribution in [0.15, 0.2) is 46.3 Å². The highest BCUT2D eigenvalue weighted by Crippen LogP contribution is 2.37. The van der Waals surface area contributed by atoms with Crippen LogP contribution in [0.25, 0.3) is 21.9 Å². The number of benzene rings is 2. The number of rotatable bonds is 5. The number of nitrogens with one attached hydrogen (secondary N) is 1. The van der Waals surface area contributed by atoms with E-state index in [2.05, 4.69) is 20.4 Å².